The van der Waals surface area contributed by atoms with Gasteiger partial charge in [0.05, 0.1) is 6.04 Å². The zero-order valence-electron chi connectivity index (χ0n) is 13.3. The molecule has 3 N–H and O–H groups in total. The fourth-order valence-corrected chi connectivity index (χ4v) is 2.93. The minimum absolute atomic E-state index is 0.258. The number of aliphatic hydroxyl groups is 2. The van der Waals surface area contributed by atoms with E-state index in [0.717, 1.165) is 11.6 Å². The first-order valence-corrected chi connectivity index (χ1v) is 7.68. The van der Waals surface area contributed by atoms with Gasteiger partial charge in [0.25, 0.3) is 5.91 Å². The summed E-state index contributed by atoms with van der Waals surface area (Å²) in [5, 5.41) is 28.7. The van der Waals surface area contributed by atoms with Crippen LogP contribution >= 0.6 is 0 Å². The van der Waals surface area contributed by atoms with Crippen LogP contribution in [0.3, 0.4) is 0 Å². The molecular weight excluding hydrogens is 332 g/mol. The summed E-state index contributed by atoms with van der Waals surface area (Å²) in [5.74, 6) is -2.27. The molecule has 0 aliphatic carbocycles. The lowest BCUT2D eigenvalue weighted by atomic mass is 10.1. The molecule has 2 aliphatic rings. The lowest BCUT2D eigenvalue weighted by molar-refractivity contribution is -0.223. The number of likely N-dealkylation sites (N-methyl/N-ethyl adjacent to an activating group) is 1. The topological polar surface area (TPSA) is 129 Å². The second kappa shape index (κ2) is 6.79. The first kappa shape index (κ1) is 17.3. The predicted molar refractivity (Wildman–Crippen MR) is 81.8 cm³/mol. The Morgan fingerprint density at radius 1 is 1.44 bits per heavy atom. The van der Waals surface area contributed by atoms with E-state index in [9.17, 15) is 19.8 Å². The van der Waals surface area contributed by atoms with Gasteiger partial charge in [-0.25, -0.2) is 4.79 Å². The summed E-state index contributed by atoms with van der Waals surface area (Å²) < 4.78 is 10.6. The molecule has 0 aromatic carbocycles. The van der Waals surface area contributed by atoms with Crippen molar-refractivity contribution in [2.45, 2.75) is 37.1 Å². The van der Waals surface area contributed by atoms with Gasteiger partial charge in [-0.3, -0.25) is 9.78 Å². The van der Waals surface area contributed by atoms with Crippen LogP contribution < -0.4 is 0 Å². The van der Waals surface area contributed by atoms with Crippen LogP contribution in [0.25, 0.3) is 0 Å². The number of rotatable bonds is 4. The fourth-order valence-electron chi connectivity index (χ4n) is 2.93. The average molecular weight is 350 g/mol. The smallest absolute Gasteiger partial charge is 0.371 e. The highest BCUT2D eigenvalue weighted by Gasteiger charge is 2.44. The molecule has 3 rings (SSSR count). The summed E-state index contributed by atoms with van der Waals surface area (Å²) in [5.41, 5.74) is 0.834. The largest absolute Gasteiger partial charge is 0.475 e. The highest BCUT2D eigenvalue weighted by molar-refractivity contribution is 5.85. The SMILES string of the molecule is CN1C(=O)[C@H](O[C@@H]2OC(C(=O)O)=C[C@H](O)[C@H]2O)C[C@H]1c1cccnc1. The number of amides is 1. The summed E-state index contributed by atoms with van der Waals surface area (Å²) in [6.07, 6.45) is -0.911. The van der Waals surface area contributed by atoms with Gasteiger partial charge in [0.1, 0.15) is 18.3 Å². The zero-order valence-corrected chi connectivity index (χ0v) is 13.3. The van der Waals surface area contributed by atoms with Crippen LogP contribution in [0.1, 0.15) is 18.0 Å². The molecule has 0 radical (unpaired) electrons. The molecule has 1 aromatic rings. The molecule has 1 saturated heterocycles. The Balaban J connectivity index is 1.74. The Kier molecular flexibility index (Phi) is 4.71. The van der Waals surface area contributed by atoms with Crippen molar-refractivity contribution in [3.05, 3.63) is 41.9 Å². The van der Waals surface area contributed by atoms with Gasteiger partial charge in [-0.2, -0.15) is 0 Å². The Labute approximate surface area is 143 Å². The third-order valence-electron chi connectivity index (χ3n) is 4.30. The molecule has 5 atom stereocenters. The van der Waals surface area contributed by atoms with E-state index in [4.69, 9.17) is 14.6 Å². The highest BCUT2D eigenvalue weighted by atomic mass is 16.7. The number of carbonyl (C=O) groups excluding carboxylic acids is 1. The fraction of sp³-hybridized carbons (Fsp3) is 0.438. The first-order valence-electron chi connectivity index (χ1n) is 7.68. The number of aromatic nitrogens is 1. The number of ether oxygens (including phenoxy) is 2. The lowest BCUT2D eigenvalue weighted by Gasteiger charge is -2.31. The molecule has 25 heavy (non-hydrogen) atoms. The average Bonchev–Trinajstić information content (AvgIpc) is 2.87. The Morgan fingerprint density at radius 3 is 2.84 bits per heavy atom. The van der Waals surface area contributed by atoms with Gasteiger partial charge < -0.3 is 29.7 Å². The van der Waals surface area contributed by atoms with Crippen molar-refractivity contribution in [3.8, 4) is 0 Å². The third-order valence-corrected chi connectivity index (χ3v) is 4.30. The predicted octanol–water partition coefficient (Wildman–Crippen LogP) is -0.583. The molecule has 0 bridgehead atoms. The number of carboxylic acids is 1. The third kappa shape index (κ3) is 3.34. The van der Waals surface area contributed by atoms with Gasteiger partial charge in [0.15, 0.2) is 0 Å². The molecule has 9 nitrogen and oxygen atoms in total. The summed E-state index contributed by atoms with van der Waals surface area (Å²) in [6.45, 7) is 0. The van der Waals surface area contributed by atoms with Crippen LogP contribution in [0.2, 0.25) is 0 Å². The van der Waals surface area contributed by atoms with Gasteiger partial charge in [0.2, 0.25) is 12.0 Å². The monoisotopic (exact) mass is 350 g/mol. The Morgan fingerprint density at radius 2 is 2.20 bits per heavy atom. The second-order valence-electron chi connectivity index (χ2n) is 5.92. The number of carbonyl (C=O) groups is 2. The van der Waals surface area contributed by atoms with Crippen LogP contribution in [0.15, 0.2) is 36.4 Å². The van der Waals surface area contributed by atoms with Crippen LogP contribution in [0.5, 0.6) is 0 Å². The second-order valence-corrected chi connectivity index (χ2v) is 5.92. The number of carboxylic acid groups (broad SMARTS) is 1. The van der Waals surface area contributed by atoms with Gasteiger partial charge in [-0.05, 0) is 17.7 Å². The number of pyridine rings is 1. The molecule has 2 aliphatic heterocycles. The van der Waals surface area contributed by atoms with E-state index in [0.29, 0.717) is 0 Å². The van der Waals surface area contributed by atoms with E-state index in [1.165, 1.54) is 4.90 Å². The number of hydrogen-bond acceptors (Lipinski definition) is 7. The van der Waals surface area contributed by atoms with E-state index in [-0.39, 0.29) is 18.4 Å². The van der Waals surface area contributed by atoms with Gasteiger partial charge in [-0.15, -0.1) is 0 Å². The summed E-state index contributed by atoms with van der Waals surface area (Å²) >= 11 is 0. The summed E-state index contributed by atoms with van der Waals surface area (Å²) in [4.78, 5) is 29.0. The van der Waals surface area contributed by atoms with Crippen molar-refractivity contribution in [1.82, 2.24) is 9.88 Å². The van der Waals surface area contributed by atoms with E-state index >= 15 is 0 Å². The number of aliphatic hydroxyl groups excluding tert-OH is 2. The molecule has 1 aromatic heterocycles. The molecule has 1 amide bonds. The standard InChI is InChI=1S/C16H18N2O7/c1-18-9(8-3-2-4-17-7-8)5-11(14(18)21)24-16-13(20)10(19)6-12(25-16)15(22)23/h2-4,6-7,9-11,13,16,19-20H,5H2,1H3,(H,22,23)/t9-,10-,11+,13+,16+/m0/s1. The maximum absolute atomic E-state index is 12.4. The number of hydrogen-bond donors (Lipinski definition) is 3. The van der Waals surface area contributed by atoms with E-state index < -0.39 is 36.3 Å². The van der Waals surface area contributed by atoms with E-state index in [2.05, 4.69) is 4.98 Å². The number of aliphatic carboxylic acids is 1. The highest BCUT2D eigenvalue weighted by Crippen LogP contribution is 2.34. The van der Waals surface area contributed by atoms with Gasteiger partial charge in [0, 0.05) is 25.9 Å². The van der Waals surface area contributed by atoms with E-state index in [1.807, 2.05) is 6.07 Å². The number of likely N-dealkylation sites (tertiary alicyclic amines) is 1. The van der Waals surface area contributed by atoms with Crippen molar-refractivity contribution in [2.24, 2.45) is 0 Å². The van der Waals surface area contributed by atoms with Crippen LogP contribution in [0, 0.1) is 0 Å². The van der Waals surface area contributed by atoms with Gasteiger partial charge >= 0.3 is 5.97 Å². The quantitative estimate of drug-likeness (QED) is 0.657. The first-order chi connectivity index (χ1) is 11.9. The minimum atomic E-state index is -1.50. The minimum Gasteiger partial charge on any atom is -0.475 e. The maximum Gasteiger partial charge on any atom is 0.371 e. The normalized spacial score (nSPS) is 32.3. The van der Waals surface area contributed by atoms with Crippen molar-refractivity contribution in [1.29, 1.82) is 0 Å². The molecule has 0 spiro atoms. The molecule has 0 saturated carbocycles. The lowest BCUT2D eigenvalue weighted by Crippen LogP contribution is -2.46. The zero-order chi connectivity index (χ0) is 18.1. The Hall–Kier alpha value is -2.49. The molecule has 3 heterocycles. The van der Waals surface area contributed by atoms with Crippen molar-refractivity contribution in [2.75, 3.05) is 7.05 Å². The van der Waals surface area contributed by atoms with Gasteiger partial charge in [-0.1, -0.05) is 6.07 Å². The summed E-state index contributed by atoms with van der Waals surface area (Å²) in [6, 6.07) is 3.34. The Bertz CT molecular complexity index is 693. The summed E-state index contributed by atoms with van der Waals surface area (Å²) in [7, 11) is 1.62. The van der Waals surface area contributed by atoms with Crippen molar-refractivity contribution >= 4 is 11.9 Å². The van der Waals surface area contributed by atoms with Crippen LogP contribution in [-0.2, 0) is 19.1 Å². The molecule has 134 valence electrons. The van der Waals surface area contributed by atoms with E-state index in [1.54, 1.807) is 25.5 Å². The van der Waals surface area contributed by atoms with Crippen LogP contribution in [0.4, 0.5) is 0 Å². The van der Waals surface area contributed by atoms with Crippen molar-refractivity contribution < 1.29 is 34.4 Å². The molecule has 9 heteroatoms. The van der Waals surface area contributed by atoms with Crippen LogP contribution in [-0.4, -0.2) is 68.7 Å². The molecule has 1 fully saturated rings. The molecule has 0 unspecified atom stereocenters. The molecular formula is C16H18N2O7. The number of nitrogens with zero attached hydrogens (tertiary/aromatic N) is 2. The van der Waals surface area contributed by atoms with Crippen molar-refractivity contribution in [3.63, 3.8) is 0 Å². The maximum atomic E-state index is 12.4.